The number of sulfonamides is 1. The van der Waals surface area contributed by atoms with E-state index in [1.807, 2.05) is 0 Å². The van der Waals surface area contributed by atoms with Crippen molar-refractivity contribution < 1.29 is 8.42 Å². The molecule has 1 aromatic rings. The smallest absolute Gasteiger partial charge is 0.242 e. The molecule has 6 heteroatoms. The Hall–Kier alpha value is -0.980. The molecular weight excluding hydrogens is 226 g/mol. The standard InChI is InChI=1S/C10H15N3O2S/c11-6-9-4-5-10(7-12-9)16(14,15)13-8-2-1-3-8/h4-5,7-8,13H,1-3,6,11H2. The average molecular weight is 241 g/mol. The first-order chi connectivity index (χ1) is 7.62. The predicted molar refractivity (Wildman–Crippen MR) is 60.1 cm³/mol. The van der Waals surface area contributed by atoms with Crippen LogP contribution in [0.5, 0.6) is 0 Å². The summed E-state index contributed by atoms with van der Waals surface area (Å²) in [5.41, 5.74) is 6.08. The van der Waals surface area contributed by atoms with Gasteiger partial charge in [0.15, 0.2) is 0 Å². The van der Waals surface area contributed by atoms with E-state index >= 15 is 0 Å². The summed E-state index contributed by atoms with van der Waals surface area (Å²) < 4.78 is 26.4. The van der Waals surface area contributed by atoms with Gasteiger partial charge in [-0.15, -0.1) is 0 Å². The molecule has 0 atom stereocenters. The third-order valence-electron chi connectivity index (χ3n) is 2.74. The summed E-state index contributed by atoms with van der Waals surface area (Å²) in [5.74, 6) is 0. The van der Waals surface area contributed by atoms with Gasteiger partial charge in [-0.2, -0.15) is 0 Å². The molecule has 0 bridgehead atoms. The maximum absolute atomic E-state index is 11.9. The molecule has 1 heterocycles. The van der Waals surface area contributed by atoms with Gasteiger partial charge in [0, 0.05) is 18.8 Å². The minimum atomic E-state index is -3.40. The number of nitrogens with one attached hydrogen (secondary N) is 1. The van der Waals surface area contributed by atoms with Gasteiger partial charge in [-0.1, -0.05) is 6.42 Å². The Balaban J connectivity index is 2.14. The van der Waals surface area contributed by atoms with Crippen LogP contribution in [0.4, 0.5) is 0 Å². The van der Waals surface area contributed by atoms with Crippen LogP contribution in [0.1, 0.15) is 25.0 Å². The molecule has 1 saturated carbocycles. The van der Waals surface area contributed by atoms with Gasteiger partial charge < -0.3 is 5.73 Å². The Bertz CT molecular complexity index is 451. The molecule has 88 valence electrons. The van der Waals surface area contributed by atoms with Crippen molar-refractivity contribution in [3.63, 3.8) is 0 Å². The molecular formula is C10H15N3O2S. The van der Waals surface area contributed by atoms with Crippen molar-refractivity contribution in [1.82, 2.24) is 9.71 Å². The fourth-order valence-corrected chi connectivity index (χ4v) is 2.75. The molecule has 0 amide bonds. The predicted octanol–water partition coefficient (Wildman–Crippen LogP) is 0.371. The van der Waals surface area contributed by atoms with Gasteiger partial charge in [-0.3, -0.25) is 4.98 Å². The van der Waals surface area contributed by atoms with Crippen LogP contribution in [0.3, 0.4) is 0 Å². The van der Waals surface area contributed by atoms with Gasteiger partial charge in [-0.25, -0.2) is 13.1 Å². The van der Waals surface area contributed by atoms with Crippen LogP contribution in [-0.2, 0) is 16.6 Å². The van der Waals surface area contributed by atoms with Crippen LogP contribution in [0.2, 0.25) is 0 Å². The minimum Gasteiger partial charge on any atom is -0.325 e. The Morgan fingerprint density at radius 2 is 2.19 bits per heavy atom. The second kappa shape index (κ2) is 4.48. The van der Waals surface area contributed by atoms with E-state index in [9.17, 15) is 8.42 Å². The van der Waals surface area contributed by atoms with Gasteiger partial charge in [0.1, 0.15) is 4.90 Å². The van der Waals surface area contributed by atoms with Gasteiger partial charge in [0.25, 0.3) is 0 Å². The Morgan fingerprint density at radius 1 is 1.44 bits per heavy atom. The summed E-state index contributed by atoms with van der Waals surface area (Å²) in [4.78, 5) is 4.18. The number of hydrogen-bond donors (Lipinski definition) is 2. The highest BCUT2D eigenvalue weighted by molar-refractivity contribution is 7.89. The second-order valence-corrected chi connectivity index (χ2v) is 5.65. The lowest BCUT2D eigenvalue weighted by Gasteiger charge is -2.25. The van der Waals surface area contributed by atoms with Crippen LogP contribution in [-0.4, -0.2) is 19.4 Å². The third kappa shape index (κ3) is 2.40. The minimum absolute atomic E-state index is 0.0965. The number of nitrogens with zero attached hydrogens (tertiary/aromatic N) is 1. The lowest BCUT2D eigenvalue weighted by atomic mass is 9.94. The topological polar surface area (TPSA) is 85.1 Å². The van der Waals surface area contributed by atoms with Crippen LogP contribution in [0, 0.1) is 0 Å². The second-order valence-electron chi connectivity index (χ2n) is 3.94. The first-order valence-corrected chi connectivity index (χ1v) is 6.77. The zero-order valence-electron chi connectivity index (χ0n) is 8.89. The van der Waals surface area contributed by atoms with Crippen molar-refractivity contribution in [1.29, 1.82) is 0 Å². The zero-order chi connectivity index (χ0) is 11.6. The van der Waals surface area contributed by atoms with E-state index in [0.717, 1.165) is 19.3 Å². The van der Waals surface area contributed by atoms with E-state index in [4.69, 9.17) is 5.73 Å². The normalized spacial score (nSPS) is 17.1. The molecule has 0 radical (unpaired) electrons. The van der Waals surface area contributed by atoms with E-state index in [1.165, 1.54) is 12.3 Å². The van der Waals surface area contributed by atoms with Gasteiger partial charge in [-0.05, 0) is 25.0 Å². The average Bonchev–Trinajstić information content (AvgIpc) is 2.24. The lowest BCUT2D eigenvalue weighted by Crippen LogP contribution is -2.39. The molecule has 1 aliphatic carbocycles. The molecule has 2 rings (SSSR count). The fraction of sp³-hybridized carbons (Fsp3) is 0.500. The lowest BCUT2D eigenvalue weighted by molar-refractivity contribution is 0.383. The van der Waals surface area contributed by atoms with Crippen LogP contribution < -0.4 is 10.5 Å². The van der Waals surface area contributed by atoms with Crippen molar-refractivity contribution in [3.05, 3.63) is 24.0 Å². The molecule has 0 aromatic carbocycles. The van der Waals surface area contributed by atoms with Crippen molar-refractivity contribution in [2.75, 3.05) is 0 Å². The molecule has 5 nitrogen and oxygen atoms in total. The molecule has 0 unspecified atom stereocenters. The molecule has 1 fully saturated rings. The Kier molecular flexibility index (Phi) is 3.22. The van der Waals surface area contributed by atoms with E-state index in [0.29, 0.717) is 12.2 Å². The zero-order valence-corrected chi connectivity index (χ0v) is 9.70. The molecule has 3 N–H and O–H groups in total. The molecule has 0 spiro atoms. The molecule has 1 aliphatic rings. The van der Waals surface area contributed by atoms with Crippen molar-refractivity contribution in [2.24, 2.45) is 5.73 Å². The number of nitrogens with two attached hydrogens (primary N) is 1. The highest BCUT2D eigenvalue weighted by atomic mass is 32.2. The number of aromatic nitrogens is 1. The summed E-state index contributed by atoms with van der Waals surface area (Å²) in [7, 11) is -3.40. The van der Waals surface area contributed by atoms with E-state index in [1.54, 1.807) is 6.07 Å². The number of hydrogen-bond acceptors (Lipinski definition) is 4. The summed E-state index contributed by atoms with van der Waals surface area (Å²) in [6.45, 7) is 0.316. The maximum Gasteiger partial charge on any atom is 0.242 e. The van der Waals surface area contributed by atoms with Gasteiger partial charge in [0.05, 0.1) is 5.69 Å². The fourth-order valence-electron chi connectivity index (χ4n) is 1.50. The quantitative estimate of drug-likeness (QED) is 0.797. The van der Waals surface area contributed by atoms with Crippen molar-refractivity contribution in [3.8, 4) is 0 Å². The van der Waals surface area contributed by atoms with Crippen LogP contribution in [0.15, 0.2) is 23.2 Å². The molecule has 1 aromatic heterocycles. The Labute approximate surface area is 95.1 Å². The largest absolute Gasteiger partial charge is 0.325 e. The van der Waals surface area contributed by atoms with Gasteiger partial charge in [0.2, 0.25) is 10.0 Å². The van der Waals surface area contributed by atoms with Crippen LogP contribution >= 0.6 is 0 Å². The molecule has 0 saturated heterocycles. The summed E-state index contributed by atoms with van der Waals surface area (Å²) >= 11 is 0. The maximum atomic E-state index is 11.9. The van der Waals surface area contributed by atoms with Crippen LogP contribution in [0.25, 0.3) is 0 Å². The Morgan fingerprint density at radius 3 is 2.62 bits per heavy atom. The van der Waals surface area contributed by atoms with Crippen molar-refractivity contribution in [2.45, 2.75) is 36.7 Å². The summed E-state index contributed by atoms with van der Waals surface area (Å²) in [5, 5.41) is 0. The first kappa shape index (κ1) is 11.5. The highest BCUT2D eigenvalue weighted by Crippen LogP contribution is 2.20. The summed E-state index contributed by atoms with van der Waals surface area (Å²) in [6.07, 6.45) is 4.29. The number of rotatable bonds is 4. The van der Waals surface area contributed by atoms with E-state index in [2.05, 4.69) is 9.71 Å². The van der Waals surface area contributed by atoms with E-state index < -0.39 is 10.0 Å². The molecule has 16 heavy (non-hydrogen) atoms. The first-order valence-electron chi connectivity index (χ1n) is 5.29. The van der Waals surface area contributed by atoms with E-state index in [-0.39, 0.29) is 10.9 Å². The monoisotopic (exact) mass is 241 g/mol. The number of pyridine rings is 1. The third-order valence-corrected chi connectivity index (χ3v) is 4.25. The highest BCUT2D eigenvalue weighted by Gasteiger charge is 2.24. The SMILES string of the molecule is NCc1ccc(S(=O)(=O)NC2CCC2)cn1. The summed E-state index contributed by atoms with van der Waals surface area (Å²) in [6, 6.07) is 3.27. The molecule has 0 aliphatic heterocycles. The van der Waals surface area contributed by atoms with Gasteiger partial charge >= 0.3 is 0 Å². The van der Waals surface area contributed by atoms with Crippen molar-refractivity contribution >= 4 is 10.0 Å².